The lowest BCUT2D eigenvalue weighted by molar-refractivity contribution is 0.866. The van der Waals surface area contributed by atoms with Crippen LogP contribution in [0.25, 0.3) is 0 Å². The molecule has 0 radical (unpaired) electrons. The summed E-state index contributed by atoms with van der Waals surface area (Å²) in [7, 11) is 2.05. The first-order chi connectivity index (χ1) is 9.50. The summed E-state index contributed by atoms with van der Waals surface area (Å²) in [6.45, 7) is 3.20. The zero-order valence-corrected chi connectivity index (χ0v) is 14.3. The molecule has 4 heteroatoms. The molecule has 106 valence electrons. The Labute approximate surface area is 131 Å². The molecule has 0 aliphatic rings. The van der Waals surface area contributed by atoms with Crippen LogP contribution >= 0.6 is 29.1 Å². The number of rotatable bonds is 4. The fraction of sp³-hybridized carbons (Fsp3) is 0.250. The second kappa shape index (κ2) is 6.80. The molecule has 20 heavy (non-hydrogen) atoms. The summed E-state index contributed by atoms with van der Waals surface area (Å²) in [4.78, 5) is 2.14. The van der Waals surface area contributed by atoms with Gasteiger partial charge in [-0.05, 0) is 35.7 Å². The molecule has 0 bridgehead atoms. The van der Waals surface area contributed by atoms with Crippen molar-refractivity contribution in [1.29, 1.82) is 0 Å². The van der Waals surface area contributed by atoms with Gasteiger partial charge < -0.3 is 4.90 Å². The summed E-state index contributed by atoms with van der Waals surface area (Å²) in [5.74, 6) is 0.476. The minimum absolute atomic E-state index is 0.476. The van der Waals surface area contributed by atoms with Crippen molar-refractivity contribution in [3.8, 4) is 0 Å². The predicted octanol–water partition coefficient (Wildman–Crippen LogP) is 5.99. The van der Waals surface area contributed by atoms with Crippen molar-refractivity contribution >= 4 is 45.8 Å². The van der Waals surface area contributed by atoms with Gasteiger partial charge in [-0.25, -0.2) is 0 Å². The highest BCUT2D eigenvalue weighted by Gasteiger charge is 2.16. The summed E-state index contributed by atoms with van der Waals surface area (Å²) < 4.78 is 0. The number of anilines is 2. The topological polar surface area (TPSA) is 3.24 Å². The van der Waals surface area contributed by atoms with Gasteiger partial charge in [-0.2, -0.15) is 0 Å². The zero-order valence-electron chi connectivity index (χ0n) is 11.8. The Balaban J connectivity index is 2.49. The van der Waals surface area contributed by atoms with Crippen LogP contribution in [0.5, 0.6) is 0 Å². The number of hydrogen-bond donors (Lipinski definition) is 0. The van der Waals surface area contributed by atoms with E-state index < -0.39 is 6.63 Å². The Morgan fingerprint density at radius 1 is 1.00 bits per heavy atom. The van der Waals surface area contributed by atoms with E-state index in [9.17, 15) is 0 Å². The number of hydrogen-bond acceptors (Lipinski definition) is 1. The molecule has 0 aliphatic heterocycles. The Morgan fingerprint density at radius 3 is 2.20 bits per heavy atom. The first kappa shape index (κ1) is 15.6. The molecule has 0 atom stereocenters. The lowest BCUT2D eigenvalue weighted by Gasteiger charge is -2.24. The third kappa shape index (κ3) is 3.47. The van der Waals surface area contributed by atoms with E-state index in [0.717, 1.165) is 16.7 Å². The fourth-order valence-electron chi connectivity index (χ4n) is 2.10. The molecule has 1 nitrogen and oxygen atoms in total. The van der Waals surface area contributed by atoms with E-state index in [2.05, 4.69) is 49.1 Å². The quantitative estimate of drug-likeness (QED) is 0.624. The van der Waals surface area contributed by atoms with Crippen molar-refractivity contribution in [2.24, 2.45) is 0 Å². The minimum atomic E-state index is -1.17. The molecular formula is C16H18Cl2NP. The molecule has 0 aliphatic carbocycles. The molecule has 2 rings (SSSR count). The van der Waals surface area contributed by atoms with E-state index in [1.54, 1.807) is 0 Å². The van der Waals surface area contributed by atoms with E-state index in [-0.39, 0.29) is 0 Å². The van der Waals surface area contributed by atoms with Gasteiger partial charge >= 0.3 is 0 Å². The number of benzene rings is 2. The van der Waals surface area contributed by atoms with Crippen LogP contribution in [0.1, 0.15) is 25.3 Å². The summed E-state index contributed by atoms with van der Waals surface area (Å²) in [6.07, 6.45) is 0. The molecule has 0 N–H and O–H groups in total. The number of nitrogens with zero attached hydrogens (tertiary/aromatic N) is 1. The summed E-state index contributed by atoms with van der Waals surface area (Å²) in [5, 5.41) is 0.999. The maximum absolute atomic E-state index is 6.18. The second-order valence-corrected chi connectivity index (χ2v) is 8.53. The minimum Gasteiger partial charge on any atom is -0.344 e. The molecule has 0 saturated carbocycles. The lowest BCUT2D eigenvalue weighted by atomic mass is 10.0. The van der Waals surface area contributed by atoms with Gasteiger partial charge in [-0.3, -0.25) is 0 Å². The van der Waals surface area contributed by atoms with Crippen LogP contribution in [0.3, 0.4) is 0 Å². The Kier molecular flexibility index (Phi) is 5.32. The van der Waals surface area contributed by atoms with Gasteiger partial charge in [0, 0.05) is 18.0 Å². The predicted molar refractivity (Wildman–Crippen MR) is 93.3 cm³/mol. The first-order valence-electron chi connectivity index (χ1n) is 6.55. The third-order valence-electron chi connectivity index (χ3n) is 3.35. The normalized spacial score (nSPS) is 11.2. The molecule has 0 fully saturated rings. The molecule has 0 unspecified atom stereocenters. The van der Waals surface area contributed by atoms with E-state index >= 15 is 0 Å². The SMILES string of the molecule is CC(C)c1ccc(P(Cl)Cl)c(N(C)c2ccccc2)c1. The molecule has 0 heterocycles. The monoisotopic (exact) mass is 325 g/mol. The highest BCUT2D eigenvalue weighted by molar-refractivity contribution is 8.09. The standard InChI is InChI=1S/C16H18Cl2NP/c1-12(2)13-9-10-16(20(17)18)15(11-13)19(3)14-7-5-4-6-8-14/h4-12H,1-3H3. The Hall–Kier alpha value is -0.750. The average molecular weight is 326 g/mol. The van der Waals surface area contributed by atoms with Gasteiger partial charge in [0.2, 0.25) is 0 Å². The molecule has 2 aromatic rings. The molecular weight excluding hydrogens is 308 g/mol. The van der Waals surface area contributed by atoms with Crippen molar-refractivity contribution in [1.82, 2.24) is 0 Å². The second-order valence-electron chi connectivity index (χ2n) is 5.03. The third-order valence-corrected chi connectivity index (χ3v) is 5.19. The van der Waals surface area contributed by atoms with Gasteiger partial charge in [-0.1, -0.05) is 60.6 Å². The molecule has 0 amide bonds. The van der Waals surface area contributed by atoms with Crippen LogP contribution < -0.4 is 10.2 Å². The smallest absolute Gasteiger partial charge is 0.119 e. The van der Waals surface area contributed by atoms with Crippen molar-refractivity contribution in [2.75, 3.05) is 11.9 Å². The van der Waals surface area contributed by atoms with Gasteiger partial charge in [-0.15, -0.1) is 0 Å². The van der Waals surface area contributed by atoms with Crippen LogP contribution in [-0.2, 0) is 0 Å². The van der Waals surface area contributed by atoms with Crippen molar-refractivity contribution in [3.05, 3.63) is 54.1 Å². The average Bonchev–Trinajstić information content (AvgIpc) is 2.46. The molecule has 0 saturated heterocycles. The van der Waals surface area contributed by atoms with E-state index in [4.69, 9.17) is 22.5 Å². The number of halogens is 2. The van der Waals surface area contributed by atoms with Crippen LogP contribution in [0, 0.1) is 0 Å². The van der Waals surface area contributed by atoms with Crippen LogP contribution in [0.2, 0.25) is 0 Å². The highest BCUT2D eigenvalue weighted by Crippen LogP contribution is 2.48. The van der Waals surface area contributed by atoms with Crippen molar-refractivity contribution < 1.29 is 0 Å². The zero-order chi connectivity index (χ0) is 14.7. The number of para-hydroxylation sites is 1. The Bertz CT molecular complexity index is 570. The Morgan fingerprint density at radius 2 is 1.65 bits per heavy atom. The largest absolute Gasteiger partial charge is 0.344 e. The van der Waals surface area contributed by atoms with Gasteiger partial charge in [0.05, 0.1) is 5.69 Å². The fourth-order valence-corrected chi connectivity index (χ4v) is 3.53. The van der Waals surface area contributed by atoms with E-state index in [1.165, 1.54) is 5.56 Å². The maximum Gasteiger partial charge on any atom is 0.119 e. The van der Waals surface area contributed by atoms with Gasteiger partial charge in [0.15, 0.2) is 0 Å². The summed E-state index contributed by atoms with van der Waals surface area (Å²) in [5.41, 5.74) is 3.50. The van der Waals surface area contributed by atoms with Crippen molar-refractivity contribution in [3.63, 3.8) is 0 Å². The van der Waals surface area contributed by atoms with Gasteiger partial charge in [0.25, 0.3) is 0 Å². The summed E-state index contributed by atoms with van der Waals surface area (Å²) in [6, 6.07) is 16.6. The maximum atomic E-state index is 6.18. The molecule has 2 aromatic carbocycles. The van der Waals surface area contributed by atoms with Crippen LogP contribution in [0.4, 0.5) is 11.4 Å². The molecule has 0 aromatic heterocycles. The lowest BCUT2D eigenvalue weighted by Crippen LogP contribution is -2.17. The summed E-state index contributed by atoms with van der Waals surface area (Å²) >= 11 is 12.4. The van der Waals surface area contributed by atoms with Crippen molar-refractivity contribution in [2.45, 2.75) is 19.8 Å². The highest BCUT2D eigenvalue weighted by atomic mass is 35.9. The van der Waals surface area contributed by atoms with E-state index in [1.807, 2.05) is 25.2 Å². The molecule has 0 spiro atoms. The van der Waals surface area contributed by atoms with Crippen LogP contribution in [0.15, 0.2) is 48.5 Å². The van der Waals surface area contributed by atoms with Crippen LogP contribution in [-0.4, -0.2) is 7.05 Å². The van der Waals surface area contributed by atoms with Gasteiger partial charge in [0.1, 0.15) is 6.63 Å². The van der Waals surface area contributed by atoms with E-state index in [0.29, 0.717) is 5.92 Å². The first-order valence-corrected chi connectivity index (χ1v) is 9.70.